The molecule has 0 aliphatic carbocycles. The average Bonchev–Trinajstić information content (AvgIpc) is 3.17. The predicted molar refractivity (Wildman–Crippen MR) is 129 cm³/mol. The first-order valence-corrected chi connectivity index (χ1v) is 12.9. The van der Waals surface area contributed by atoms with Gasteiger partial charge in [0.05, 0.1) is 33.3 Å². The lowest BCUT2D eigenvalue weighted by molar-refractivity contribution is 0.0997. The third-order valence-corrected chi connectivity index (χ3v) is 8.26. The molecule has 2 aromatic carbocycles. The highest BCUT2D eigenvalue weighted by atomic mass is 35.5. The molecule has 11 heteroatoms. The van der Waals surface area contributed by atoms with Gasteiger partial charge >= 0.3 is 0 Å². The van der Waals surface area contributed by atoms with Crippen LogP contribution in [0.5, 0.6) is 0 Å². The van der Waals surface area contributed by atoms with Gasteiger partial charge < -0.3 is 14.0 Å². The number of sulfonamides is 1. The lowest BCUT2D eigenvalue weighted by Crippen LogP contribution is -2.36. The molecule has 178 valence electrons. The van der Waals surface area contributed by atoms with Crippen LogP contribution in [0.15, 0.2) is 52.4 Å². The van der Waals surface area contributed by atoms with Gasteiger partial charge in [0, 0.05) is 39.4 Å². The number of nitrogens with zero attached hydrogens (tertiary/aromatic N) is 3. The number of benzene rings is 2. The summed E-state index contributed by atoms with van der Waals surface area (Å²) < 4.78 is 40.2. The summed E-state index contributed by atoms with van der Waals surface area (Å²) in [5.41, 5.74) is 1.13. The molecule has 1 heterocycles. The van der Waals surface area contributed by atoms with Crippen molar-refractivity contribution in [2.24, 2.45) is 4.99 Å². The fraction of sp³-hybridized carbons (Fsp3) is 0.364. The van der Waals surface area contributed by atoms with Crippen LogP contribution in [0.4, 0.5) is 0 Å². The van der Waals surface area contributed by atoms with Crippen molar-refractivity contribution >= 4 is 49.1 Å². The first kappa shape index (κ1) is 25.5. The van der Waals surface area contributed by atoms with Crippen molar-refractivity contribution < 1.29 is 22.7 Å². The van der Waals surface area contributed by atoms with Crippen LogP contribution in [0.2, 0.25) is 5.02 Å². The second-order valence-electron chi connectivity index (χ2n) is 7.05. The lowest BCUT2D eigenvalue weighted by Gasteiger charge is -2.21. The van der Waals surface area contributed by atoms with Gasteiger partial charge in [0.1, 0.15) is 0 Å². The Labute approximate surface area is 202 Å². The average molecular weight is 512 g/mol. The molecule has 0 N–H and O–H groups in total. The first-order chi connectivity index (χ1) is 15.8. The molecular weight excluding hydrogens is 486 g/mol. The fourth-order valence-electron chi connectivity index (χ4n) is 3.27. The minimum absolute atomic E-state index is 0.0866. The molecule has 0 radical (unpaired) electrons. The highest BCUT2D eigenvalue weighted by molar-refractivity contribution is 7.89. The van der Waals surface area contributed by atoms with Crippen LogP contribution in [-0.2, 0) is 26.0 Å². The maximum atomic E-state index is 13.0. The summed E-state index contributed by atoms with van der Waals surface area (Å²) in [4.78, 5) is 17.7. The Bertz CT molecular complexity index is 1280. The topological polar surface area (TPSA) is 90.2 Å². The highest BCUT2D eigenvalue weighted by Gasteiger charge is 2.24. The van der Waals surface area contributed by atoms with Crippen molar-refractivity contribution in [1.82, 2.24) is 8.87 Å². The second kappa shape index (κ2) is 11.4. The number of thiazole rings is 1. The molecule has 33 heavy (non-hydrogen) atoms. The van der Waals surface area contributed by atoms with E-state index in [1.165, 1.54) is 54.1 Å². The Hall–Kier alpha value is -2.08. The number of ether oxygens (including phenoxy) is 2. The van der Waals surface area contributed by atoms with Crippen LogP contribution in [0.25, 0.3) is 10.2 Å². The Morgan fingerprint density at radius 2 is 1.73 bits per heavy atom. The van der Waals surface area contributed by atoms with Crippen LogP contribution >= 0.6 is 22.9 Å². The molecule has 0 saturated carbocycles. The summed E-state index contributed by atoms with van der Waals surface area (Å²) in [5, 5.41) is 0.598. The molecule has 0 spiro atoms. The number of carbonyl (C=O) groups is 1. The van der Waals surface area contributed by atoms with Crippen molar-refractivity contribution in [3.8, 4) is 0 Å². The molecule has 0 fully saturated rings. The van der Waals surface area contributed by atoms with Gasteiger partial charge in [-0.25, -0.2) is 8.42 Å². The van der Waals surface area contributed by atoms with Crippen molar-refractivity contribution in [2.45, 2.75) is 18.4 Å². The van der Waals surface area contributed by atoms with Crippen LogP contribution in [0, 0.1) is 0 Å². The molecule has 1 aromatic heterocycles. The molecule has 1 amide bonds. The van der Waals surface area contributed by atoms with Gasteiger partial charge in [-0.1, -0.05) is 29.0 Å². The first-order valence-electron chi connectivity index (χ1n) is 10.3. The predicted octanol–water partition coefficient (Wildman–Crippen LogP) is 3.40. The van der Waals surface area contributed by atoms with E-state index in [1.807, 2.05) is 23.6 Å². The Morgan fingerprint density at radius 1 is 1.09 bits per heavy atom. The Morgan fingerprint density at radius 3 is 2.30 bits per heavy atom. The van der Waals surface area contributed by atoms with E-state index in [9.17, 15) is 13.2 Å². The van der Waals surface area contributed by atoms with E-state index >= 15 is 0 Å². The van der Waals surface area contributed by atoms with Crippen molar-refractivity contribution in [2.75, 3.05) is 40.5 Å². The fourth-order valence-corrected chi connectivity index (χ4v) is 6.13. The van der Waals surface area contributed by atoms with Crippen molar-refractivity contribution in [3.05, 3.63) is 57.9 Å². The number of fused-ring (bicyclic) bond motifs is 1. The van der Waals surface area contributed by atoms with Gasteiger partial charge in [-0.05, 0) is 43.3 Å². The van der Waals surface area contributed by atoms with E-state index < -0.39 is 15.9 Å². The summed E-state index contributed by atoms with van der Waals surface area (Å²) >= 11 is 7.72. The quantitative estimate of drug-likeness (QED) is 0.416. The van der Waals surface area contributed by atoms with E-state index in [-0.39, 0.29) is 31.2 Å². The van der Waals surface area contributed by atoms with Crippen LogP contribution < -0.4 is 4.80 Å². The summed E-state index contributed by atoms with van der Waals surface area (Å²) in [6.07, 6.45) is 0. The van der Waals surface area contributed by atoms with Gasteiger partial charge in [-0.2, -0.15) is 9.30 Å². The van der Waals surface area contributed by atoms with Crippen LogP contribution in [0.3, 0.4) is 0 Å². The third kappa shape index (κ3) is 5.71. The molecule has 0 bridgehead atoms. The normalized spacial score (nSPS) is 12.7. The summed E-state index contributed by atoms with van der Waals surface area (Å²) in [6, 6.07) is 11.4. The molecule has 0 aliphatic heterocycles. The third-order valence-electron chi connectivity index (χ3n) is 4.99. The van der Waals surface area contributed by atoms with E-state index in [4.69, 9.17) is 21.1 Å². The van der Waals surface area contributed by atoms with Crippen LogP contribution in [0.1, 0.15) is 17.3 Å². The maximum Gasteiger partial charge on any atom is 0.279 e. The molecule has 8 nitrogen and oxygen atoms in total. The monoisotopic (exact) mass is 511 g/mol. The number of hydrogen-bond acceptors (Lipinski definition) is 6. The van der Waals surface area contributed by atoms with E-state index in [1.54, 1.807) is 6.07 Å². The van der Waals surface area contributed by atoms with Gasteiger partial charge in [0.2, 0.25) is 10.0 Å². The number of aryl methyl sites for hydroxylation is 1. The zero-order valence-corrected chi connectivity index (χ0v) is 21.0. The smallest absolute Gasteiger partial charge is 0.279 e. The number of halogens is 1. The molecule has 3 aromatic rings. The van der Waals surface area contributed by atoms with Crippen molar-refractivity contribution in [3.63, 3.8) is 0 Å². The van der Waals surface area contributed by atoms with Gasteiger partial charge in [-0.3, -0.25) is 4.79 Å². The number of aromatic nitrogens is 1. The minimum atomic E-state index is -3.76. The zero-order valence-electron chi connectivity index (χ0n) is 18.7. The molecular formula is C22H26ClN3O5S2. The number of amides is 1. The minimum Gasteiger partial charge on any atom is -0.383 e. The maximum absolute atomic E-state index is 13.0. The number of carbonyl (C=O) groups excluding carboxylic acids is 1. The van der Waals surface area contributed by atoms with E-state index in [0.29, 0.717) is 21.9 Å². The summed E-state index contributed by atoms with van der Waals surface area (Å²) in [6.45, 7) is 3.47. The summed E-state index contributed by atoms with van der Waals surface area (Å²) in [5.74, 6) is -0.459. The Balaban J connectivity index is 1.90. The SMILES string of the molecule is CCn1c(=NC(=O)c2ccc(S(=O)(=O)N(CCOC)CCOC)cc2)sc2cccc(Cl)c21. The summed E-state index contributed by atoms with van der Waals surface area (Å²) in [7, 11) is -0.742. The standard InChI is InChI=1S/C22H26ClN3O5S2/c1-4-26-20-18(23)6-5-7-19(20)32-22(26)24-21(27)16-8-10-17(11-9-16)33(28,29)25(12-14-30-2)13-15-31-3/h5-11H,4,12-15H2,1-3H3. The number of methoxy groups -OCH3 is 2. The second-order valence-corrected chi connectivity index (χ2v) is 10.4. The number of hydrogen-bond donors (Lipinski definition) is 0. The molecule has 0 aliphatic rings. The molecule has 3 rings (SSSR count). The van der Waals surface area contributed by atoms with Gasteiger partial charge in [0.25, 0.3) is 5.91 Å². The molecule has 0 atom stereocenters. The van der Waals surface area contributed by atoms with E-state index in [2.05, 4.69) is 4.99 Å². The van der Waals surface area contributed by atoms with E-state index in [0.717, 1.165) is 10.2 Å². The lowest BCUT2D eigenvalue weighted by atomic mass is 10.2. The molecule has 0 unspecified atom stereocenters. The van der Waals surface area contributed by atoms with Gasteiger partial charge in [-0.15, -0.1) is 0 Å². The zero-order chi connectivity index (χ0) is 24.0. The highest BCUT2D eigenvalue weighted by Crippen LogP contribution is 2.25. The Kier molecular flexibility index (Phi) is 8.80. The largest absolute Gasteiger partial charge is 0.383 e. The van der Waals surface area contributed by atoms with Gasteiger partial charge in [0.15, 0.2) is 4.80 Å². The number of rotatable bonds is 10. The molecule has 0 saturated heterocycles. The number of para-hydroxylation sites is 1. The van der Waals surface area contributed by atoms with Crippen molar-refractivity contribution in [1.29, 1.82) is 0 Å². The van der Waals surface area contributed by atoms with Crippen LogP contribution in [-0.4, -0.2) is 63.7 Å².